The summed E-state index contributed by atoms with van der Waals surface area (Å²) in [5.41, 5.74) is 3.07. The van der Waals surface area contributed by atoms with Crippen LogP contribution in [-0.4, -0.2) is 25.4 Å². The van der Waals surface area contributed by atoms with Crippen LogP contribution in [0.2, 0.25) is 0 Å². The highest BCUT2D eigenvalue weighted by molar-refractivity contribution is 5.92. The molecule has 0 bridgehead atoms. The van der Waals surface area contributed by atoms with Gasteiger partial charge in [0.25, 0.3) is 5.56 Å². The second kappa shape index (κ2) is 8.43. The molecule has 158 valence electrons. The van der Waals surface area contributed by atoms with E-state index in [4.69, 9.17) is 4.52 Å². The highest BCUT2D eigenvalue weighted by atomic mass is 16.5. The normalized spacial score (nSPS) is 11.1. The summed E-state index contributed by atoms with van der Waals surface area (Å²) in [6, 6.07) is 14.5. The summed E-state index contributed by atoms with van der Waals surface area (Å²) >= 11 is 0. The molecule has 3 heterocycles. The molecule has 4 aromatic rings. The standard InChI is InChI=1S/C23H23N5O3/c1-15(2)23-17(20-12-16(3)26-31-20)13-22(30)28(25-23)14-21(29)24-18-8-4-5-9-19(18)27-10-6-7-11-27/h4-13,15H,14H2,1-3H3,(H,24,29). The van der Waals surface area contributed by atoms with Gasteiger partial charge >= 0.3 is 0 Å². The Labute approximate surface area is 179 Å². The number of amides is 1. The van der Waals surface area contributed by atoms with Crippen LogP contribution in [0.25, 0.3) is 17.0 Å². The highest BCUT2D eigenvalue weighted by Crippen LogP contribution is 2.26. The summed E-state index contributed by atoms with van der Waals surface area (Å²) < 4.78 is 8.41. The first-order chi connectivity index (χ1) is 14.9. The van der Waals surface area contributed by atoms with Crippen LogP contribution in [-0.2, 0) is 11.3 Å². The molecule has 31 heavy (non-hydrogen) atoms. The average molecular weight is 417 g/mol. The highest BCUT2D eigenvalue weighted by Gasteiger charge is 2.18. The molecule has 0 fully saturated rings. The predicted molar refractivity (Wildman–Crippen MR) is 117 cm³/mol. The molecule has 4 rings (SSSR count). The van der Waals surface area contributed by atoms with Gasteiger partial charge in [-0.05, 0) is 37.1 Å². The minimum Gasteiger partial charge on any atom is -0.356 e. The molecule has 1 aromatic carbocycles. The van der Waals surface area contributed by atoms with Crippen molar-refractivity contribution in [3.63, 3.8) is 0 Å². The Morgan fingerprint density at radius 2 is 1.87 bits per heavy atom. The Hall–Kier alpha value is -3.94. The zero-order chi connectivity index (χ0) is 22.0. The van der Waals surface area contributed by atoms with Crippen molar-refractivity contribution >= 4 is 11.6 Å². The molecular formula is C23H23N5O3. The summed E-state index contributed by atoms with van der Waals surface area (Å²) in [6.45, 7) is 5.55. The van der Waals surface area contributed by atoms with Crippen molar-refractivity contribution in [2.45, 2.75) is 33.2 Å². The van der Waals surface area contributed by atoms with Gasteiger partial charge in [0.2, 0.25) is 5.91 Å². The third kappa shape index (κ3) is 4.32. The minimum absolute atomic E-state index is 0.0183. The molecule has 0 saturated carbocycles. The monoisotopic (exact) mass is 417 g/mol. The molecule has 8 nitrogen and oxygen atoms in total. The smallest absolute Gasteiger partial charge is 0.267 e. The van der Waals surface area contributed by atoms with Gasteiger partial charge < -0.3 is 14.4 Å². The van der Waals surface area contributed by atoms with Gasteiger partial charge in [0.05, 0.1) is 22.8 Å². The molecular weight excluding hydrogens is 394 g/mol. The lowest BCUT2D eigenvalue weighted by molar-refractivity contribution is -0.117. The van der Waals surface area contributed by atoms with Crippen molar-refractivity contribution in [2.24, 2.45) is 0 Å². The molecule has 1 amide bonds. The van der Waals surface area contributed by atoms with Crippen LogP contribution in [0.15, 0.2) is 70.2 Å². The average Bonchev–Trinajstić information content (AvgIpc) is 3.41. The fraction of sp³-hybridized carbons (Fsp3) is 0.217. The second-order valence-electron chi connectivity index (χ2n) is 7.58. The van der Waals surface area contributed by atoms with E-state index >= 15 is 0 Å². The van der Waals surface area contributed by atoms with Crippen molar-refractivity contribution in [3.05, 3.63) is 82.7 Å². The van der Waals surface area contributed by atoms with Gasteiger partial charge in [0.1, 0.15) is 6.54 Å². The van der Waals surface area contributed by atoms with Gasteiger partial charge in [-0.1, -0.05) is 31.1 Å². The topological polar surface area (TPSA) is 95.0 Å². The zero-order valence-electron chi connectivity index (χ0n) is 17.6. The Balaban J connectivity index is 1.61. The van der Waals surface area contributed by atoms with Crippen molar-refractivity contribution in [3.8, 4) is 17.0 Å². The fourth-order valence-corrected chi connectivity index (χ4v) is 3.36. The van der Waals surface area contributed by atoms with E-state index in [1.807, 2.05) is 74.1 Å². The second-order valence-corrected chi connectivity index (χ2v) is 7.58. The number of nitrogens with zero attached hydrogens (tertiary/aromatic N) is 4. The first-order valence-electron chi connectivity index (χ1n) is 10.0. The molecule has 3 aromatic heterocycles. The van der Waals surface area contributed by atoms with Crippen molar-refractivity contribution in [1.82, 2.24) is 19.5 Å². The maximum atomic E-state index is 12.7. The van der Waals surface area contributed by atoms with Gasteiger partial charge in [0.15, 0.2) is 5.76 Å². The van der Waals surface area contributed by atoms with E-state index < -0.39 is 0 Å². The number of carbonyl (C=O) groups excluding carboxylic acids is 1. The minimum atomic E-state index is -0.387. The van der Waals surface area contributed by atoms with E-state index in [1.165, 1.54) is 10.7 Å². The van der Waals surface area contributed by atoms with Crippen LogP contribution in [0.3, 0.4) is 0 Å². The van der Waals surface area contributed by atoms with Gasteiger partial charge in [0, 0.05) is 30.1 Å². The molecule has 0 saturated heterocycles. The molecule has 8 heteroatoms. The number of nitrogens with one attached hydrogen (secondary N) is 1. The molecule has 0 spiro atoms. The molecule has 0 aliphatic carbocycles. The Kier molecular flexibility index (Phi) is 5.53. The largest absolute Gasteiger partial charge is 0.356 e. The van der Waals surface area contributed by atoms with Crippen LogP contribution in [0.4, 0.5) is 5.69 Å². The lowest BCUT2D eigenvalue weighted by Crippen LogP contribution is -2.30. The van der Waals surface area contributed by atoms with Crippen LogP contribution in [0, 0.1) is 6.92 Å². The summed E-state index contributed by atoms with van der Waals surface area (Å²) in [5, 5.41) is 11.2. The summed E-state index contributed by atoms with van der Waals surface area (Å²) in [7, 11) is 0. The van der Waals surface area contributed by atoms with Crippen LogP contribution in [0.5, 0.6) is 0 Å². The van der Waals surface area contributed by atoms with Crippen LogP contribution < -0.4 is 10.9 Å². The summed E-state index contributed by atoms with van der Waals surface area (Å²) in [5.74, 6) is 0.167. The van der Waals surface area contributed by atoms with E-state index in [2.05, 4.69) is 15.6 Å². The quantitative estimate of drug-likeness (QED) is 0.515. The number of hydrogen-bond acceptors (Lipinski definition) is 5. The maximum absolute atomic E-state index is 12.7. The Morgan fingerprint density at radius 1 is 1.13 bits per heavy atom. The first-order valence-corrected chi connectivity index (χ1v) is 10.0. The fourth-order valence-electron chi connectivity index (χ4n) is 3.36. The van der Waals surface area contributed by atoms with E-state index in [1.54, 1.807) is 6.07 Å². The third-order valence-electron chi connectivity index (χ3n) is 4.82. The predicted octanol–water partition coefficient (Wildman–Crippen LogP) is 3.76. The number of aromatic nitrogens is 4. The van der Waals surface area contributed by atoms with E-state index in [-0.39, 0.29) is 23.9 Å². The third-order valence-corrected chi connectivity index (χ3v) is 4.82. The van der Waals surface area contributed by atoms with Gasteiger partial charge in [-0.2, -0.15) is 5.10 Å². The summed E-state index contributed by atoms with van der Waals surface area (Å²) in [4.78, 5) is 25.4. The first kappa shape index (κ1) is 20.3. The zero-order valence-corrected chi connectivity index (χ0v) is 17.6. The van der Waals surface area contributed by atoms with Crippen LogP contribution >= 0.6 is 0 Å². The maximum Gasteiger partial charge on any atom is 0.267 e. The number of carbonyl (C=O) groups is 1. The van der Waals surface area contributed by atoms with E-state index in [0.29, 0.717) is 22.7 Å². The van der Waals surface area contributed by atoms with E-state index in [0.717, 1.165) is 11.4 Å². The van der Waals surface area contributed by atoms with Gasteiger partial charge in [-0.25, -0.2) is 4.68 Å². The number of para-hydroxylation sites is 2. The lowest BCUT2D eigenvalue weighted by Gasteiger charge is -2.14. The molecule has 0 aliphatic rings. The van der Waals surface area contributed by atoms with Crippen molar-refractivity contribution in [1.29, 1.82) is 0 Å². The van der Waals surface area contributed by atoms with Gasteiger partial charge in [-0.15, -0.1) is 0 Å². The molecule has 1 N–H and O–H groups in total. The molecule has 0 radical (unpaired) electrons. The number of anilines is 1. The number of benzene rings is 1. The molecule has 0 unspecified atom stereocenters. The number of rotatable bonds is 6. The molecule has 0 atom stereocenters. The lowest BCUT2D eigenvalue weighted by atomic mass is 10.0. The number of aryl methyl sites for hydroxylation is 1. The van der Waals surface area contributed by atoms with Crippen molar-refractivity contribution in [2.75, 3.05) is 5.32 Å². The Morgan fingerprint density at radius 3 is 2.55 bits per heavy atom. The van der Waals surface area contributed by atoms with Gasteiger partial charge in [-0.3, -0.25) is 9.59 Å². The SMILES string of the molecule is Cc1cc(-c2cc(=O)n(CC(=O)Nc3ccccc3-n3cccc3)nc2C(C)C)on1. The summed E-state index contributed by atoms with van der Waals surface area (Å²) in [6.07, 6.45) is 3.80. The van der Waals surface area contributed by atoms with Crippen molar-refractivity contribution < 1.29 is 9.32 Å². The Bertz CT molecular complexity index is 1270. The number of hydrogen-bond donors (Lipinski definition) is 1. The molecule has 0 aliphatic heterocycles. The van der Waals surface area contributed by atoms with Crippen LogP contribution in [0.1, 0.15) is 31.2 Å². The van der Waals surface area contributed by atoms with E-state index in [9.17, 15) is 9.59 Å².